The summed E-state index contributed by atoms with van der Waals surface area (Å²) in [5.41, 5.74) is 0. The van der Waals surface area contributed by atoms with Crippen LogP contribution in [-0.4, -0.2) is 63.3 Å². The molecule has 0 aromatic heterocycles. The van der Waals surface area contributed by atoms with Crippen LogP contribution in [0.5, 0.6) is 0 Å². The van der Waals surface area contributed by atoms with Gasteiger partial charge >= 0.3 is 0 Å². The van der Waals surface area contributed by atoms with Crippen LogP contribution < -0.4 is 10.6 Å². The Bertz CT molecular complexity index is 221. The van der Waals surface area contributed by atoms with Gasteiger partial charge in [0.1, 0.15) is 0 Å². The third-order valence-electron chi connectivity index (χ3n) is 3.21. The Morgan fingerprint density at radius 2 is 1.89 bits per heavy atom. The van der Waals surface area contributed by atoms with E-state index in [-0.39, 0.29) is 11.9 Å². The van der Waals surface area contributed by atoms with Crippen molar-refractivity contribution in [2.45, 2.75) is 39.7 Å². The van der Waals surface area contributed by atoms with Crippen LogP contribution in [-0.2, 0) is 9.53 Å². The molecule has 0 radical (unpaired) electrons. The average Bonchev–Trinajstić information content (AvgIpc) is 2.43. The molecule has 0 heterocycles. The van der Waals surface area contributed by atoms with Gasteiger partial charge in [-0.2, -0.15) is 0 Å². The molecule has 0 fully saturated rings. The summed E-state index contributed by atoms with van der Waals surface area (Å²) >= 11 is 0. The van der Waals surface area contributed by atoms with Crippen molar-refractivity contribution in [2.24, 2.45) is 0 Å². The minimum absolute atomic E-state index is 0.0685. The normalized spacial score (nSPS) is 12.7. The van der Waals surface area contributed by atoms with E-state index < -0.39 is 0 Å². The number of carbonyl (C=O) groups is 1. The first-order valence-corrected chi connectivity index (χ1v) is 7.38. The largest absolute Gasteiger partial charge is 0.385 e. The van der Waals surface area contributed by atoms with Gasteiger partial charge in [-0.1, -0.05) is 13.8 Å². The molecule has 0 aromatic carbocycles. The number of carbonyl (C=O) groups excluding carboxylic acids is 1. The number of nitrogens with zero attached hydrogens (tertiary/aromatic N) is 1. The Labute approximate surface area is 118 Å². The predicted molar refractivity (Wildman–Crippen MR) is 79.4 cm³/mol. The van der Waals surface area contributed by atoms with E-state index in [9.17, 15) is 4.79 Å². The van der Waals surface area contributed by atoms with Gasteiger partial charge in [-0.05, 0) is 45.9 Å². The van der Waals surface area contributed by atoms with Crippen molar-refractivity contribution in [2.75, 3.05) is 46.4 Å². The summed E-state index contributed by atoms with van der Waals surface area (Å²) in [6.07, 6.45) is 1.93. The third-order valence-corrected chi connectivity index (χ3v) is 3.21. The van der Waals surface area contributed by atoms with Crippen LogP contribution in [0.15, 0.2) is 0 Å². The summed E-state index contributed by atoms with van der Waals surface area (Å²) in [5.74, 6) is 0.0685. The van der Waals surface area contributed by atoms with Gasteiger partial charge in [-0.25, -0.2) is 0 Å². The molecule has 0 aliphatic heterocycles. The smallest absolute Gasteiger partial charge is 0.236 e. The SMILES string of the molecule is CCN(CC)CCCNC(C)C(=O)NCCCOC. The zero-order chi connectivity index (χ0) is 14.5. The van der Waals surface area contributed by atoms with E-state index in [1.54, 1.807) is 7.11 Å². The van der Waals surface area contributed by atoms with Crippen LogP contribution in [0, 0.1) is 0 Å². The Morgan fingerprint density at radius 3 is 2.47 bits per heavy atom. The van der Waals surface area contributed by atoms with E-state index >= 15 is 0 Å². The summed E-state index contributed by atoms with van der Waals surface area (Å²) in [5, 5.41) is 6.15. The van der Waals surface area contributed by atoms with Gasteiger partial charge < -0.3 is 20.3 Å². The van der Waals surface area contributed by atoms with E-state index in [0.29, 0.717) is 13.2 Å². The number of hydrogen-bond acceptors (Lipinski definition) is 4. The average molecular weight is 273 g/mol. The molecule has 5 heteroatoms. The number of rotatable bonds is 12. The van der Waals surface area contributed by atoms with Crippen molar-refractivity contribution < 1.29 is 9.53 Å². The van der Waals surface area contributed by atoms with Crippen LogP contribution in [0.1, 0.15) is 33.6 Å². The molecule has 0 aliphatic rings. The molecule has 114 valence electrons. The minimum atomic E-state index is -0.126. The molecule has 0 saturated heterocycles. The lowest BCUT2D eigenvalue weighted by Crippen LogP contribution is -2.43. The fourth-order valence-electron chi connectivity index (χ4n) is 1.83. The lowest BCUT2D eigenvalue weighted by atomic mass is 10.3. The Balaban J connectivity index is 3.56. The Morgan fingerprint density at radius 1 is 1.21 bits per heavy atom. The summed E-state index contributed by atoms with van der Waals surface area (Å²) in [4.78, 5) is 14.1. The van der Waals surface area contributed by atoms with Crippen molar-refractivity contribution in [3.05, 3.63) is 0 Å². The molecule has 2 N–H and O–H groups in total. The number of amides is 1. The fourth-order valence-corrected chi connectivity index (χ4v) is 1.83. The molecule has 0 saturated carbocycles. The lowest BCUT2D eigenvalue weighted by Gasteiger charge is -2.19. The summed E-state index contributed by atoms with van der Waals surface area (Å²) in [6, 6.07) is -0.126. The molecule has 1 unspecified atom stereocenters. The van der Waals surface area contributed by atoms with Gasteiger partial charge in [0.2, 0.25) is 5.91 Å². The summed E-state index contributed by atoms with van der Waals surface area (Å²) in [7, 11) is 1.67. The van der Waals surface area contributed by atoms with Gasteiger partial charge in [-0.15, -0.1) is 0 Å². The highest BCUT2D eigenvalue weighted by Crippen LogP contribution is 1.91. The van der Waals surface area contributed by atoms with Crippen molar-refractivity contribution >= 4 is 5.91 Å². The molecule has 5 nitrogen and oxygen atoms in total. The second-order valence-electron chi connectivity index (χ2n) is 4.69. The van der Waals surface area contributed by atoms with Gasteiger partial charge in [0.15, 0.2) is 0 Å². The molecule has 19 heavy (non-hydrogen) atoms. The zero-order valence-electron chi connectivity index (χ0n) is 13.0. The number of ether oxygens (including phenoxy) is 1. The van der Waals surface area contributed by atoms with E-state index in [1.165, 1.54) is 0 Å². The van der Waals surface area contributed by atoms with Crippen LogP contribution in [0.3, 0.4) is 0 Å². The first kappa shape index (κ1) is 18.4. The van der Waals surface area contributed by atoms with E-state index in [0.717, 1.165) is 39.0 Å². The molecule has 0 aromatic rings. The first-order chi connectivity index (χ1) is 9.15. The topological polar surface area (TPSA) is 53.6 Å². The fraction of sp³-hybridized carbons (Fsp3) is 0.929. The molecule has 1 amide bonds. The van der Waals surface area contributed by atoms with E-state index in [2.05, 4.69) is 29.4 Å². The molecule has 1 atom stereocenters. The maximum atomic E-state index is 11.7. The maximum absolute atomic E-state index is 11.7. The predicted octanol–water partition coefficient (Wildman–Crippen LogP) is 0.849. The highest BCUT2D eigenvalue weighted by atomic mass is 16.5. The lowest BCUT2D eigenvalue weighted by molar-refractivity contribution is -0.122. The van der Waals surface area contributed by atoms with Crippen LogP contribution >= 0.6 is 0 Å². The third kappa shape index (κ3) is 9.87. The van der Waals surface area contributed by atoms with E-state index in [1.807, 2.05) is 6.92 Å². The number of hydrogen-bond donors (Lipinski definition) is 2. The molecule has 0 spiro atoms. The van der Waals surface area contributed by atoms with Crippen molar-refractivity contribution in [3.63, 3.8) is 0 Å². The van der Waals surface area contributed by atoms with Gasteiger partial charge in [-0.3, -0.25) is 4.79 Å². The second kappa shape index (κ2) is 12.4. The first-order valence-electron chi connectivity index (χ1n) is 7.38. The van der Waals surface area contributed by atoms with Crippen LogP contribution in [0.2, 0.25) is 0 Å². The molecule has 0 aliphatic carbocycles. The maximum Gasteiger partial charge on any atom is 0.236 e. The molecular weight excluding hydrogens is 242 g/mol. The van der Waals surface area contributed by atoms with Crippen molar-refractivity contribution in [3.8, 4) is 0 Å². The second-order valence-corrected chi connectivity index (χ2v) is 4.69. The van der Waals surface area contributed by atoms with Crippen LogP contribution in [0.4, 0.5) is 0 Å². The van der Waals surface area contributed by atoms with Crippen molar-refractivity contribution in [1.82, 2.24) is 15.5 Å². The van der Waals surface area contributed by atoms with Crippen LogP contribution in [0.25, 0.3) is 0 Å². The molecular formula is C14H31N3O2. The minimum Gasteiger partial charge on any atom is -0.385 e. The number of nitrogens with one attached hydrogen (secondary N) is 2. The van der Waals surface area contributed by atoms with Gasteiger partial charge in [0, 0.05) is 20.3 Å². The number of methoxy groups -OCH3 is 1. The zero-order valence-corrected chi connectivity index (χ0v) is 13.0. The molecule has 0 rings (SSSR count). The van der Waals surface area contributed by atoms with Gasteiger partial charge in [0.05, 0.1) is 6.04 Å². The van der Waals surface area contributed by atoms with E-state index in [4.69, 9.17) is 4.74 Å². The Hall–Kier alpha value is -0.650. The standard InChI is InChI=1S/C14H31N3O2/c1-5-17(6-2)11-7-9-15-13(3)14(18)16-10-8-12-19-4/h13,15H,5-12H2,1-4H3,(H,16,18). The van der Waals surface area contributed by atoms with Gasteiger partial charge in [0.25, 0.3) is 0 Å². The summed E-state index contributed by atoms with van der Waals surface area (Å²) in [6.45, 7) is 11.8. The summed E-state index contributed by atoms with van der Waals surface area (Å²) < 4.78 is 4.94. The highest BCUT2D eigenvalue weighted by Gasteiger charge is 2.10. The Kier molecular flexibility index (Phi) is 12.0. The quantitative estimate of drug-likeness (QED) is 0.518. The monoisotopic (exact) mass is 273 g/mol. The highest BCUT2D eigenvalue weighted by molar-refractivity contribution is 5.81. The van der Waals surface area contributed by atoms with Crippen molar-refractivity contribution in [1.29, 1.82) is 0 Å². The molecule has 0 bridgehead atoms.